The Hall–Kier alpha value is -0.640. The summed E-state index contributed by atoms with van der Waals surface area (Å²) in [5, 5.41) is 0. The van der Waals surface area contributed by atoms with Crippen molar-refractivity contribution < 1.29 is 4.39 Å². The maximum Gasteiger partial charge on any atom is 0.166 e. The molecule has 2 nitrogen and oxygen atoms in total. The monoisotopic (exact) mass is 286 g/mol. The Bertz CT molecular complexity index is 370. The smallest absolute Gasteiger partial charge is 0.166 e. The van der Waals surface area contributed by atoms with Gasteiger partial charge in [0.15, 0.2) is 11.6 Å². The zero-order chi connectivity index (χ0) is 11.5. The van der Waals surface area contributed by atoms with Gasteiger partial charge in [-0.05, 0) is 41.8 Å². The van der Waals surface area contributed by atoms with Crippen molar-refractivity contribution in [1.82, 2.24) is 4.98 Å². The first-order valence-corrected chi connectivity index (χ1v) is 6.55. The highest BCUT2D eigenvalue weighted by molar-refractivity contribution is 9.10. The highest BCUT2D eigenvalue weighted by Crippen LogP contribution is 2.26. The number of hydrogen-bond donors (Lipinski definition) is 0. The third-order valence-corrected chi connectivity index (χ3v) is 3.55. The molecule has 0 aromatic carbocycles. The minimum atomic E-state index is -0.233. The van der Waals surface area contributed by atoms with E-state index in [1.807, 2.05) is 0 Å². The summed E-state index contributed by atoms with van der Waals surface area (Å²) in [5.41, 5.74) is 0. The molecule has 1 aromatic heterocycles. The number of rotatable bonds is 1. The molecule has 0 aliphatic carbocycles. The lowest BCUT2D eigenvalue weighted by molar-refractivity contribution is 0.571. The second kappa shape index (κ2) is 5.13. The van der Waals surface area contributed by atoms with Crippen LogP contribution in [0.2, 0.25) is 0 Å². The Morgan fingerprint density at radius 1 is 1.44 bits per heavy atom. The molecule has 0 N–H and O–H groups in total. The predicted octanol–water partition coefficient (Wildman–Crippen LogP) is 3.75. The quantitative estimate of drug-likeness (QED) is 0.782. The molecule has 2 heterocycles. The molecule has 1 aromatic rings. The Kier molecular flexibility index (Phi) is 3.79. The largest absolute Gasteiger partial charge is 0.351 e. The van der Waals surface area contributed by atoms with Crippen molar-refractivity contribution in [3.05, 3.63) is 22.6 Å². The van der Waals surface area contributed by atoms with E-state index in [4.69, 9.17) is 0 Å². The predicted molar refractivity (Wildman–Crippen MR) is 67.2 cm³/mol. The normalized spacial score (nSPS) is 21.9. The van der Waals surface area contributed by atoms with Gasteiger partial charge in [0, 0.05) is 23.3 Å². The van der Waals surface area contributed by atoms with E-state index in [1.165, 1.54) is 18.9 Å². The summed E-state index contributed by atoms with van der Waals surface area (Å²) in [6.07, 6.45) is 6.38. The summed E-state index contributed by atoms with van der Waals surface area (Å²) in [5.74, 6) is 0.265. The van der Waals surface area contributed by atoms with Crippen molar-refractivity contribution in [2.45, 2.75) is 38.6 Å². The molecule has 1 aliphatic rings. The first-order valence-electron chi connectivity index (χ1n) is 5.76. The molecule has 88 valence electrons. The van der Waals surface area contributed by atoms with Gasteiger partial charge < -0.3 is 4.90 Å². The van der Waals surface area contributed by atoms with Crippen LogP contribution in [0.25, 0.3) is 0 Å². The Morgan fingerprint density at radius 2 is 2.25 bits per heavy atom. The average Bonchev–Trinajstić information content (AvgIpc) is 2.44. The number of hydrogen-bond acceptors (Lipinski definition) is 2. The van der Waals surface area contributed by atoms with Crippen LogP contribution in [0.15, 0.2) is 16.7 Å². The van der Waals surface area contributed by atoms with Crippen LogP contribution in [0.5, 0.6) is 0 Å². The van der Waals surface area contributed by atoms with Gasteiger partial charge in [-0.2, -0.15) is 0 Å². The van der Waals surface area contributed by atoms with Gasteiger partial charge in [0.1, 0.15) is 0 Å². The maximum atomic E-state index is 13.8. The summed E-state index contributed by atoms with van der Waals surface area (Å²) in [6.45, 7) is 3.06. The summed E-state index contributed by atoms with van der Waals surface area (Å²) in [7, 11) is 0. The van der Waals surface area contributed by atoms with Crippen LogP contribution in [-0.2, 0) is 0 Å². The third kappa shape index (κ3) is 2.54. The highest BCUT2D eigenvalue weighted by Gasteiger charge is 2.21. The zero-order valence-corrected chi connectivity index (χ0v) is 11.0. The Labute approximate surface area is 104 Å². The first-order chi connectivity index (χ1) is 7.68. The lowest BCUT2D eigenvalue weighted by Crippen LogP contribution is -2.33. The molecular formula is C12H16BrFN2. The summed E-state index contributed by atoms with van der Waals surface area (Å²) in [4.78, 5) is 6.29. The van der Waals surface area contributed by atoms with E-state index in [0.717, 1.165) is 19.4 Å². The zero-order valence-electron chi connectivity index (χ0n) is 9.42. The summed E-state index contributed by atoms with van der Waals surface area (Å²) < 4.78 is 14.5. The maximum absolute atomic E-state index is 13.8. The second-order valence-electron chi connectivity index (χ2n) is 4.35. The summed E-state index contributed by atoms with van der Waals surface area (Å²) >= 11 is 3.23. The van der Waals surface area contributed by atoms with Gasteiger partial charge in [0.25, 0.3) is 0 Å². The van der Waals surface area contributed by atoms with E-state index < -0.39 is 0 Å². The van der Waals surface area contributed by atoms with Crippen molar-refractivity contribution in [1.29, 1.82) is 0 Å². The molecule has 0 spiro atoms. The third-order valence-electron chi connectivity index (χ3n) is 3.11. The van der Waals surface area contributed by atoms with Crippen LogP contribution >= 0.6 is 15.9 Å². The van der Waals surface area contributed by atoms with Crippen molar-refractivity contribution >= 4 is 21.7 Å². The van der Waals surface area contributed by atoms with Gasteiger partial charge in [0.05, 0.1) is 0 Å². The molecule has 0 amide bonds. The Balaban J connectivity index is 2.27. The van der Waals surface area contributed by atoms with Crippen LogP contribution in [0.1, 0.15) is 32.6 Å². The Morgan fingerprint density at radius 3 is 3.00 bits per heavy atom. The van der Waals surface area contributed by atoms with Gasteiger partial charge >= 0.3 is 0 Å². The molecule has 16 heavy (non-hydrogen) atoms. The number of aromatic nitrogens is 1. The van der Waals surface area contributed by atoms with Gasteiger partial charge in [-0.3, -0.25) is 0 Å². The average molecular weight is 287 g/mol. The number of anilines is 1. The molecular weight excluding hydrogens is 271 g/mol. The van der Waals surface area contributed by atoms with Gasteiger partial charge in [-0.25, -0.2) is 9.37 Å². The molecule has 2 rings (SSSR count). The van der Waals surface area contributed by atoms with Gasteiger partial charge in [-0.15, -0.1) is 0 Å². The van der Waals surface area contributed by atoms with Gasteiger partial charge in [-0.1, -0.05) is 12.8 Å². The number of nitrogens with zero attached hydrogens (tertiary/aromatic N) is 2. The fourth-order valence-corrected chi connectivity index (χ4v) is 2.51. The molecule has 1 saturated heterocycles. The van der Waals surface area contributed by atoms with Crippen molar-refractivity contribution in [2.75, 3.05) is 11.4 Å². The molecule has 0 saturated carbocycles. The lowest BCUT2D eigenvalue weighted by atomic mass is 10.1. The van der Waals surface area contributed by atoms with E-state index in [2.05, 4.69) is 32.7 Å². The molecule has 1 atom stereocenters. The second-order valence-corrected chi connectivity index (χ2v) is 5.27. The van der Waals surface area contributed by atoms with E-state index in [9.17, 15) is 4.39 Å². The molecule has 1 fully saturated rings. The molecule has 4 heteroatoms. The molecule has 1 unspecified atom stereocenters. The number of halogens is 2. The van der Waals surface area contributed by atoms with Crippen LogP contribution in [0, 0.1) is 5.82 Å². The van der Waals surface area contributed by atoms with E-state index in [0.29, 0.717) is 16.3 Å². The van der Waals surface area contributed by atoms with Crippen LogP contribution in [-0.4, -0.2) is 17.6 Å². The van der Waals surface area contributed by atoms with Crippen molar-refractivity contribution in [3.8, 4) is 0 Å². The van der Waals surface area contributed by atoms with E-state index >= 15 is 0 Å². The van der Waals surface area contributed by atoms with Crippen molar-refractivity contribution in [3.63, 3.8) is 0 Å². The lowest BCUT2D eigenvalue weighted by Gasteiger charge is -2.28. The first kappa shape index (κ1) is 11.8. The van der Waals surface area contributed by atoms with Crippen LogP contribution in [0.3, 0.4) is 0 Å². The SMILES string of the molecule is CC1CCCCCN1c1ncc(Br)cc1F. The minimum Gasteiger partial charge on any atom is -0.351 e. The summed E-state index contributed by atoms with van der Waals surface area (Å²) in [6, 6.07) is 1.87. The minimum absolute atomic E-state index is 0.233. The van der Waals surface area contributed by atoms with Gasteiger partial charge in [0.2, 0.25) is 0 Å². The van der Waals surface area contributed by atoms with E-state index in [1.54, 1.807) is 6.20 Å². The van der Waals surface area contributed by atoms with Crippen LogP contribution in [0.4, 0.5) is 10.2 Å². The van der Waals surface area contributed by atoms with Crippen LogP contribution < -0.4 is 4.90 Å². The van der Waals surface area contributed by atoms with E-state index in [-0.39, 0.29) is 5.82 Å². The number of pyridine rings is 1. The highest BCUT2D eigenvalue weighted by atomic mass is 79.9. The molecule has 0 radical (unpaired) electrons. The van der Waals surface area contributed by atoms with Crippen molar-refractivity contribution in [2.24, 2.45) is 0 Å². The molecule has 0 bridgehead atoms. The standard InChI is InChI=1S/C12H16BrFN2/c1-9-5-3-2-4-6-16(9)12-11(14)7-10(13)8-15-12/h7-9H,2-6H2,1H3. The fraction of sp³-hybridized carbons (Fsp3) is 0.583. The topological polar surface area (TPSA) is 16.1 Å². The molecule has 1 aliphatic heterocycles. The fourth-order valence-electron chi connectivity index (χ4n) is 2.21.